The Morgan fingerprint density at radius 3 is 2.47 bits per heavy atom. The molecule has 4 nitrogen and oxygen atoms in total. The van der Waals surface area contributed by atoms with Gasteiger partial charge in [0.05, 0.1) is 3.57 Å². The van der Waals surface area contributed by atoms with Gasteiger partial charge in [-0.05, 0) is 36.4 Å². The van der Waals surface area contributed by atoms with Crippen molar-refractivity contribution in [2.24, 2.45) is 0 Å². The van der Waals surface area contributed by atoms with Crippen molar-refractivity contribution in [3.63, 3.8) is 0 Å². The molecule has 92 valence electrons. The number of nitrogens with one attached hydrogen (secondary N) is 1. The second kappa shape index (κ2) is 3.72. The number of aryl methyl sites for hydroxylation is 1. The molecule has 0 aliphatic heterocycles. The maximum atomic E-state index is 12.7. The van der Waals surface area contributed by atoms with Crippen LogP contribution in [0.15, 0.2) is 4.79 Å². The Labute approximate surface area is 107 Å². The second-order valence-corrected chi connectivity index (χ2v) is 4.68. The van der Waals surface area contributed by atoms with Gasteiger partial charge in [-0.1, -0.05) is 0 Å². The first kappa shape index (κ1) is 12.4. The van der Waals surface area contributed by atoms with Crippen LogP contribution in [0, 0.1) is 17.4 Å². The molecule has 0 amide bonds. The number of hydrogen-bond donors (Lipinski definition) is 1. The number of aromatic nitrogens is 3. The molecule has 0 unspecified atom stereocenters. The number of fused-ring (bicyclic) bond motifs is 1. The first-order valence-electron chi connectivity index (χ1n) is 4.58. The Morgan fingerprint density at radius 2 is 1.94 bits per heavy atom. The zero-order valence-electron chi connectivity index (χ0n) is 8.81. The van der Waals surface area contributed by atoms with Crippen molar-refractivity contribution in [1.29, 1.82) is 0 Å². The molecule has 2 heterocycles. The summed E-state index contributed by atoms with van der Waals surface area (Å²) >= 11 is 1.85. The van der Waals surface area contributed by atoms with Crippen LogP contribution in [0.4, 0.5) is 13.2 Å². The molecule has 0 saturated heterocycles. The molecule has 0 aliphatic rings. The summed E-state index contributed by atoms with van der Waals surface area (Å²) in [4.78, 5) is 15.3. The molecule has 2 aromatic heterocycles. The van der Waals surface area contributed by atoms with E-state index in [1.165, 1.54) is 0 Å². The normalized spacial score (nSPS) is 12.4. The lowest BCUT2D eigenvalue weighted by Gasteiger charge is -2.08. The van der Waals surface area contributed by atoms with Gasteiger partial charge < -0.3 is 0 Å². The van der Waals surface area contributed by atoms with Crippen molar-refractivity contribution in [2.45, 2.75) is 20.0 Å². The van der Waals surface area contributed by atoms with Gasteiger partial charge in [-0.2, -0.15) is 13.2 Å². The van der Waals surface area contributed by atoms with E-state index in [1.54, 1.807) is 6.92 Å². The number of aromatic amines is 1. The van der Waals surface area contributed by atoms with E-state index in [2.05, 4.69) is 10.1 Å². The SMILES string of the molecule is Cc1[nH]n2c(=O)c(C)c(C(F)(F)F)nc2c1I. The standard InChI is InChI=1S/C9H7F3IN3O/c1-3-6(9(10,11)12)14-7-5(13)4(2)15-16(7)8(3)17/h15H,1-2H3. The number of nitrogens with zero attached hydrogens (tertiary/aromatic N) is 2. The quantitative estimate of drug-likeness (QED) is 0.736. The predicted molar refractivity (Wildman–Crippen MR) is 63.0 cm³/mol. The average Bonchev–Trinajstić information content (AvgIpc) is 2.48. The fourth-order valence-corrected chi connectivity index (χ4v) is 2.00. The number of alkyl halides is 3. The summed E-state index contributed by atoms with van der Waals surface area (Å²) < 4.78 is 39.5. The summed E-state index contributed by atoms with van der Waals surface area (Å²) in [5.41, 5.74) is -1.65. The van der Waals surface area contributed by atoms with E-state index in [9.17, 15) is 18.0 Å². The molecule has 2 rings (SSSR count). The Kier molecular flexibility index (Phi) is 2.71. The van der Waals surface area contributed by atoms with Crippen LogP contribution in [0.1, 0.15) is 17.0 Å². The van der Waals surface area contributed by atoms with Gasteiger partial charge in [-0.3, -0.25) is 9.89 Å². The van der Waals surface area contributed by atoms with Crippen molar-refractivity contribution in [2.75, 3.05) is 0 Å². The van der Waals surface area contributed by atoms with Gasteiger partial charge in [0.25, 0.3) is 5.56 Å². The van der Waals surface area contributed by atoms with E-state index >= 15 is 0 Å². The smallest absolute Gasteiger partial charge is 0.293 e. The molecule has 17 heavy (non-hydrogen) atoms. The maximum absolute atomic E-state index is 12.7. The Bertz CT molecular complexity index is 656. The Hall–Kier alpha value is -1.06. The summed E-state index contributed by atoms with van der Waals surface area (Å²) in [5, 5.41) is 2.68. The van der Waals surface area contributed by atoms with Crippen LogP contribution in [-0.4, -0.2) is 14.6 Å². The highest BCUT2D eigenvalue weighted by molar-refractivity contribution is 14.1. The summed E-state index contributed by atoms with van der Waals surface area (Å²) in [6, 6.07) is 0. The largest absolute Gasteiger partial charge is 0.433 e. The molecule has 1 N–H and O–H groups in total. The van der Waals surface area contributed by atoms with Gasteiger partial charge in [0, 0.05) is 11.3 Å². The number of H-pyrrole nitrogens is 1. The van der Waals surface area contributed by atoms with Crippen molar-refractivity contribution >= 4 is 28.2 Å². The van der Waals surface area contributed by atoms with Gasteiger partial charge >= 0.3 is 6.18 Å². The van der Waals surface area contributed by atoms with E-state index in [4.69, 9.17) is 0 Å². The van der Waals surface area contributed by atoms with E-state index < -0.39 is 23.0 Å². The van der Waals surface area contributed by atoms with Crippen molar-refractivity contribution in [3.05, 3.63) is 30.9 Å². The topological polar surface area (TPSA) is 50.2 Å². The van der Waals surface area contributed by atoms with Gasteiger partial charge in [-0.15, -0.1) is 0 Å². The first-order chi connectivity index (χ1) is 7.73. The van der Waals surface area contributed by atoms with Gasteiger partial charge in [0.15, 0.2) is 11.3 Å². The van der Waals surface area contributed by atoms with Crippen LogP contribution >= 0.6 is 22.6 Å². The lowest BCUT2D eigenvalue weighted by atomic mass is 10.2. The molecule has 0 aliphatic carbocycles. The van der Waals surface area contributed by atoms with Crippen LogP contribution < -0.4 is 5.56 Å². The highest BCUT2D eigenvalue weighted by atomic mass is 127. The van der Waals surface area contributed by atoms with Crippen molar-refractivity contribution in [1.82, 2.24) is 14.6 Å². The first-order valence-corrected chi connectivity index (χ1v) is 5.66. The number of hydrogen-bond acceptors (Lipinski definition) is 2. The van der Waals surface area contributed by atoms with Crippen molar-refractivity contribution < 1.29 is 13.2 Å². The summed E-state index contributed by atoms with van der Waals surface area (Å²) in [7, 11) is 0. The highest BCUT2D eigenvalue weighted by Gasteiger charge is 2.36. The molecule has 0 aromatic carbocycles. The summed E-state index contributed by atoms with van der Waals surface area (Å²) in [6.45, 7) is 2.78. The van der Waals surface area contributed by atoms with Crippen LogP contribution in [0.3, 0.4) is 0 Å². The molecule has 0 bridgehead atoms. The lowest BCUT2D eigenvalue weighted by molar-refractivity contribution is -0.141. The van der Waals surface area contributed by atoms with Crippen LogP contribution in [0.5, 0.6) is 0 Å². The summed E-state index contributed by atoms with van der Waals surface area (Å²) in [5.74, 6) is 0. The predicted octanol–water partition coefficient (Wildman–Crippen LogP) is 2.26. The van der Waals surface area contributed by atoms with Crippen LogP contribution in [-0.2, 0) is 6.18 Å². The third-order valence-corrected chi connectivity index (χ3v) is 3.67. The lowest BCUT2D eigenvalue weighted by Crippen LogP contribution is -2.24. The van der Waals surface area contributed by atoms with Crippen molar-refractivity contribution in [3.8, 4) is 0 Å². The molecule has 0 radical (unpaired) electrons. The Morgan fingerprint density at radius 1 is 1.35 bits per heavy atom. The molecule has 8 heteroatoms. The molecule has 0 fully saturated rings. The zero-order valence-corrected chi connectivity index (χ0v) is 11.0. The molecular weight excluding hydrogens is 350 g/mol. The average molecular weight is 357 g/mol. The minimum atomic E-state index is -4.62. The number of halogens is 4. The highest BCUT2D eigenvalue weighted by Crippen LogP contribution is 2.29. The van der Waals surface area contributed by atoms with Crippen LogP contribution in [0.2, 0.25) is 0 Å². The minimum absolute atomic E-state index is 0.00558. The fourth-order valence-electron chi connectivity index (χ4n) is 1.52. The molecule has 0 spiro atoms. The maximum Gasteiger partial charge on any atom is 0.433 e. The van der Waals surface area contributed by atoms with E-state index in [1.807, 2.05) is 22.6 Å². The van der Waals surface area contributed by atoms with Gasteiger partial charge in [0.1, 0.15) is 0 Å². The van der Waals surface area contributed by atoms with Gasteiger partial charge in [0.2, 0.25) is 0 Å². The minimum Gasteiger partial charge on any atom is -0.293 e. The fraction of sp³-hybridized carbons (Fsp3) is 0.333. The van der Waals surface area contributed by atoms with E-state index in [-0.39, 0.29) is 5.65 Å². The summed E-state index contributed by atoms with van der Waals surface area (Å²) in [6.07, 6.45) is -4.62. The van der Waals surface area contributed by atoms with E-state index in [0.717, 1.165) is 11.4 Å². The molecule has 0 saturated carbocycles. The molecule has 0 atom stereocenters. The third-order valence-electron chi connectivity index (χ3n) is 2.38. The van der Waals surface area contributed by atoms with E-state index in [0.29, 0.717) is 9.26 Å². The molecule has 2 aromatic rings. The zero-order chi connectivity index (χ0) is 13.0. The van der Waals surface area contributed by atoms with Gasteiger partial charge in [-0.25, -0.2) is 9.50 Å². The monoisotopic (exact) mass is 357 g/mol. The Balaban J connectivity index is 2.96. The third kappa shape index (κ3) is 1.83. The second-order valence-electron chi connectivity index (χ2n) is 3.60. The number of rotatable bonds is 0. The van der Waals surface area contributed by atoms with Crippen LogP contribution in [0.25, 0.3) is 5.65 Å². The molecular formula is C9H7F3IN3O.